The average molecular weight is 207 g/mol. The molecule has 1 aromatic rings. The number of aromatic nitrogens is 2. The summed E-state index contributed by atoms with van der Waals surface area (Å²) in [5, 5.41) is 7.19. The summed E-state index contributed by atoms with van der Waals surface area (Å²) in [4.78, 5) is 13.8. The lowest BCUT2D eigenvalue weighted by atomic mass is 10.2. The second kappa shape index (κ2) is 4.44. The Hall–Kier alpha value is -1.36. The Bertz CT molecular complexity index is 341. The molecule has 1 saturated heterocycles. The molecule has 1 N–H and O–H groups in total. The standard InChI is InChI=1S/C10H15N4O/c1-2-14-8-9(7-12-14)10(15)13-5-3-11-4-6-13/h8,11H,2-6H2,1H3. The predicted molar refractivity (Wildman–Crippen MR) is 55.5 cm³/mol. The van der Waals surface area contributed by atoms with Crippen molar-refractivity contribution < 1.29 is 4.79 Å². The monoisotopic (exact) mass is 207 g/mol. The maximum absolute atomic E-state index is 11.9. The van der Waals surface area contributed by atoms with E-state index in [1.54, 1.807) is 10.9 Å². The first kappa shape index (κ1) is 10.2. The third-order valence-corrected chi connectivity index (χ3v) is 2.54. The van der Waals surface area contributed by atoms with E-state index >= 15 is 0 Å². The Morgan fingerprint density at radius 1 is 1.60 bits per heavy atom. The summed E-state index contributed by atoms with van der Waals surface area (Å²) in [6.07, 6.45) is 4.51. The van der Waals surface area contributed by atoms with Gasteiger partial charge < -0.3 is 10.2 Å². The lowest BCUT2D eigenvalue weighted by Gasteiger charge is -2.26. The summed E-state index contributed by atoms with van der Waals surface area (Å²) < 4.78 is 1.72. The lowest BCUT2D eigenvalue weighted by Crippen LogP contribution is -2.46. The zero-order chi connectivity index (χ0) is 10.7. The van der Waals surface area contributed by atoms with Crippen LogP contribution in [0, 0.1) is 6.20 Å². The van der Waals surface area contributed by atoms with Crippen LogP contribution in [-0.4, -0.2) is 46.8 Å². The van der Waals surface area contributed by atoms with E-state index in [1.165, 1.54) is 0 Å². The normalized spacial score (nSPS) is 16.7. The minimum Gasteiger partial charge on any atom is -0.336 e. The van der Waals surface area contributed by atoms with Gasteiger partial charge in [-0.25, -0.2) is 0 Å². The first-order valence-electron chi connectivity index (χ1n) is 5.26. The molecule has 0 unspecified atom stereocenters. The fourth-order valence-corrected chi connectivity index (χ4v) is 1.63. The van der Waals surface area contributed by atoms with Gasteiger partial charge >= 0.3 is 0 Å². The van der Waals surface area contributed by atoms with Crippen LogP contribution in [-0.2, 0) is 6.54 Å². The van der Waals surface area contributed by atoms with Gasteiger partial charge in [0.15, 0.2) is 0 Å². The molecule has 0 bridgehead atoms. The molecular formula is C10H15N4O. The van der Waals surface area contributed by atoms with Gasteiger partial charge in [0.25, 0.3) is 5.91 Å². The van der Waals surface area contributed by atoms with Crippen molar-refractivity contribution in [2.45, 2.75) is 13.5 Å². The van der Waals surface area contributed by atoms with E-state index in [-0.39, 0.29) is 5.91 Å². The van der Waals surface area contributed by atoms with Gasteiger partial charge in [0.2, 0.25) is 0 Å². The van der Waals surface area contributed by atoms with Gasteiger partial charge in [-0.15, -0.1) is 0 Å². The Labute approximate surface area is 89.1 Å². The maximum Gasteiger partial charge on any atom is 0.257 e. The number of nitrogens with zero attached hydrogens (tertiary/aromatic N) is 3. The Kier molecular flexibility index (Phi) is 3.01. The van der Waals surface area contributed by atoms with E-state index < -0.39 is 0 Å². The van der Waals surface area contributed by atoms with E-state index in [0.29, 0.717) is 5.56 Å². The van der Waals surface area contributed by atoms with Crippen molar-refractivity contribution >= 4 is 5.91 Å². The van der Waals surface area contributed by atoms with Crippen molar-refractivity contribution in [3.63, 3.8) is 0 Å². The molecule has 2 heterocycles. The largest absolute Gasteiger partial charge is 0.336 e. The number of rotatable bonds is 2. The molecule has 1 aromatic heterocycles. The quantitative estimate of drug-likeness (QED) is 0.727. The second-order valence-corrected chi connectivity index (χ2v) is 3.55. The van der Waals surface area contributed by atoms with Crippen molar-refractivity contribution in [1.82, 2.24) is 20.0 Å². The van der Waals surface area contributed by atoms with Gasteiger partial charge in [0, 0.05) is 38.9 Å². The van der Waals surface area contributed by atoms with Crippen LogP contribution in [0.3, 0.4) is 0 Å². The highest BCUT2D eigenvalue weighted by Crippen LogP contribution is 2.04. The molecule has 2 rings (SSSR count). The Morgan fingerprint density at radius 3 is 2.93 bits per heavy atom. The maximum atomic E-state index is 11.9. The van der Waals surface area contributed by atoms with Crippen molar-refractivity contribution in [2.75, 3.05) is 26.2 Å². The van der Waals surface area contributed by atoms with Crippen LogP contribution in [0.25, 0.3) is 0 Å². The zero-order valence-corrected chi connectivity index (χ0v) is 8.86. The average Bonchev–Trinajstić information content (AvgIpc) is 2.78. The summed E-state index contributed by atoms with van der Waals surface area (Å²) in [5.74, 6) is 0.0381. The van der Waals surface area contributed by atoms with Crippen LogP contribution in [0.15, 0.2) is 6.20 Å². The van der Waals surface area contributed by atoms with Crippen molar-refractivity contribution in [3.8, 4) is 0 Å². The lowest BCUT2D eigenvalue weighted by molar-refractivity contribution is 0.0735. The van der Waals surface area contributed by atoms with E-state index in [2.05, 4.69) is 16.6 Å². The smallest absolute Gasteiger partial charge is 0.257 e. The fourth-order valence-electron chi connectivity index (χ4n) is 1.63. The van der Waals surface area contributed by atoms with Crippen LogP contribution >= 0.6 is 0 Å². The van der Waals surface area contributed by atoms with E-state index in [0.717, 1.165) is 32.7 Å². The third kappa shape index (κ3) is 2.18. The molecule has 1 fully saturated rings. The molecular weight excluding hydrogens is 192 g/mol. The molecule has 1 aliphatic heterocycles. The Balaban J connectivity index is 2.05. The minimum absolute atomic E-state index is 0.0381. The van der Waals surface area contributed by atoms with Crippen molar-refractivity contribution in [1.29, 1.82) is 0 Å². The van der Waals surface area contributed by atoms with Crippen molar-refractivity contribution in [2.24, 2.45) is 0 Å². The topological polar surface area (TPSA) is 50.2 Å². The molecule has 15 heavy (non-hydrogen) atoms. The summed E-state index contributed by atoms with van der Waals surface area (Å²) in [6, 6.07) is 0. The number of hydrogen-bond donors (Lipinski definition) is 1. The molecule has 1 amide bonds. The number of hydrogen-bond acceptors (Lipinski definition) is 3. The van der Waals surface area contributed by atoms with Crippen LogP contribution in [0.1, 0.15) is 17.3 Å². The molecule has 0 aliphatic carbocycles. The first-order valence-corrected chi connectivity index (χ1v) is 5.26. The zero-order valence-electron chi connectivity index (χ0n) is 8.86. The summed E-state index contributed by atoms with van der Waals surface area (Å²) in [6.45, 7) is 6.03. The first-order chi connectivity index (χ1) is 7.31. The molecule has 0 spiro atoms. The Morgan fingerprint density at radius 2 is 2.33 bits per heavy atom. The SMILES string of the molecule is CCn1cc(C(=O)N2CCNCC2)[c]n1. The van der Waals surface area contributed by atoms with E-state index in [4.69, 9.17) is 0 Å². The van der Waals surface area contributed by atoms with E-state index in [9.17, 15) is 4.79 Å². The second-order valence-electron chi connectivity index (χ2n) is 3.55. The van der Waals surface area contributed by atoms with Gasteiger partial charge in [0.05, 0.1) is 5.56 Å². The summed E-state index contributed by atoms with van der Waals surface area (Å²) in [5.41, 5.74) is 0.568. The fraction of sp³-hybridized carbons (Fsp3) is 0.600. The molecule has 5 heteroatoms. The van der Waals surface area contributed by atoms with Crippen LogP contribution < -0.4 is 5.32 Å². The number of piperazine rings is 1. The van der Waals surface area contributed by atoms with Gasteiger partial charge in [-0.3, -0.25) is 9.48 Å². The summed E-state index contributed by atoms with van der Waals surface area (Å²) >= 11 is 0. The third-order valence-electron chi connectivity index (χ3n) is 2.54. The molecule has 1 aliphatic rings. The highest BCUT2D eigenvalue weighted by atomic mass is 16.2. The minimum atomic E-state index is 0.0381. The number of carbonyl (C=O) groups is 1. The van der Waals surface area contributed by atoms with Gasteiger partial charge in [-0.1, -0.05) is 0 Å². The van der Waals surface area contributed by atoms with Gasteiger partial charge in [-0.2, -0.15) is 5.10 Å². The summed E-state index contributed by atoms with van der Waals surface area (Å²) in [7, 11) is 0. The number of nitrogens with one attached hydrogen (secondary N) is 1. The number of amides is 1. The number of carbonyl (C=O) groups excluding carboxylic acids is 1. The van der Waals surface area contributed by atoms with Crippen molar-refractivity contribution in [3.05, 3.63) is 18.0 Å². The van der Waals surface area contributed by atoms with Gasteiger partial charge in [0.1, 0.15) is 6.20 Å². The molecule has 1 radical (unpaired) electrons. The van der Waals surface area contributed by atoms with Gasteiger partial charge in [-0.05, 0) is 6.92 Å². The van der Waals surface area contributed by atoms with E-state index in [1.807, 2.05) is 11.8 Å². The predicted octanol–water partition coefficient (Wildman–Crippen LogP) is -0.251. The van der Waals surface area contributed by atoms with Crippen LogP contribution in [0.5, 0.6) is 0 Å². The molecule has 5 nitrogen and oxygen atoms in total. The highest BCUT2D eigenvalue weighted by Gasteiger charge is 2.19. The molecule has 0 saturated carbocycles. The molecule has 0 aromatic carbocycles. The number of aryl methyl sites for hydroxylation is 1. The molecule has 0 atom stereocenters. The van der Waals surface area contributed by atoms with Crippen LogP contribution in [0.2, 0.25) is 0 Å². The highest BCUT2D eigenvalue weighted by molar-refractivity contribution is 5.93. The molecule has 81 valence electrons. The van der Waals surface area contributed by atoms with Crippen LogP contribution in [0.4, 0.5) is 0 Å².